The van der Waals surface area contributed by atoms with Gasteiger partial charge in [-0.3, -0.25) is 4.79 Å². The Kier molecular flexibility index (Phi) is 3.44. The molecule has 21 heavy (non-hydrogen) atoms. The molecule has 3 nitrogen and oxygen atoms in total. The van der Waals surface area contributed by atoms with Crippen LogP contribution >= 0.6 is 0 Å². The minimum Gasteiger partial charge on any atom is -0.358 e. The highest BCUT2D eigenvalue weighted by Crippen LogP contribution is 2.23. The summed E-state index contributed by atoms with van der Waals surface area (Å²) >= 11 is 0. The SMILES string of the molecule is Cc1[nH]c2ccc(F)cc2c1CC(=O)Nc1ccccc1. The molecule has 0 radical (unpaired) electrons. The normalized spacial score (nSPS) is 10.8. The van der Waals surface area contributed by atoms with Gasteiger partial charge in [-0.1, -0.05) is 18.2 Å². The molecule has 0 spiro atoms. The fourth-order valence-electron chi connectivity index (χ4n) is 2.47. The summed E-state index contributed by atoms with van der Waals surface area (Å²) in [4.78, 5) is 15.3. The lowest BCUT2D eigenvalue weighted by Crippen LogP contribution is -2.14. The number of nitrogens with one attached hydrogen (secondary N) is 2. The number of hydrogen-bond donors (Lipinski definition) is 2. The summed E-state index contributed by atoms with van der Waals surface area (Å²) in [5, 5.41) is 3.60. The summed E-state index contributed by atoms with van der Waals surface area (Å²) in [6.07, 6.45) is 0.212. The smallest absolute Gasteiger partial charge is 0.228 e. The van der Waals surface area contributed by atoms with E-state index in [9.17, 15) is 9.18 Å². The van der Waals surface area contributed by atoms with Crippen molar-refractivity contribution in [3.8, 4) is 0 Å². The Bertz CT molecular complexity index is 793. The number of amides is 1. The van der Waals surface area contributed by atoms with Crippen molar-refractivity contribution in [2.45, 2.75) is 13.3 Å². The minimum atomic E-state index is -0.300. The van der Waals surface area contributed by atoms with Crippen LogP contribution in [0.4, 0.5) is 10.1 Å². The van der Waals surface area contributed by atoms with Gasteiger partial charge >= 0.3 is 0 Å². The zero-order valence-electron chi connectivity index (χ0n) is 11.6. The highest BCUT2D eigenvalue weighted by Gasteiger charge is 2.13. The Morgan fingerprint density at radius 3 is 2.71 bits per heavy atom. The Morgan fingerprint density at radius 1 is 1.19 bits per heavy atom. The van der Waals surface area contributed by atoms with E-state index in [2.05, 4.69) is 10.3 Å². The van der Waals surface area contributed by atoms with Crippen molar-refractivity contribution in [2.24, 2.45) is 0 Å². The van der Waals surface area contributed by atoms with E-state index in [0.717, 1.165) is 27.8 Å². The number of fused-ring (bicyclic) bond motifs is 1. The Labute approximate surface area is 121 Å². The van der Waals surface area contributed by atoms with Gasteiger partial charge in [0.25, 0.3) is 0 Å². The molecule has 106 valence electrons. The maximum Gasteiger partial charge on any atom is 0.228 e. The molecule has 0 fully saturated rings. The van der Waals surface area contributed by atoms with Crippen LogP contribution in [-0.4, -0.2) is 10.9 Å². The molecule has 0 saturated carbocycles. The van der Waals surface area contributed by atoms with E-state index >= 15 is 0 Å². The van der Waals surface area contributed by atoms with E-state index in [-0.39, 0.29) is 18.1 Å². The van der Waals surface area contributed by atoms with Gasteiger partial charge in [-0.15, -0.1) is 0 Å². The fraction of sp³-hybridized carbons (Fsp3) is 0.118. The van der Waals surface area contributed by atoms with E-state index in [4.69, 9.17) is 0 Å². The molecular weight excluding hydrogens is 267 g/mol. The van der Waals surface area contributed by atoms with Crippen LogP contribution in [0.15, 0.2) is 48.5 Å². The highest BCUT2D eigenvalue weighted by atomic mass is 19.1. The van der Waals surface area contributed by atoms with Crippen LogP contribution in [0.3, 0.4) is 0 Å². The second-order valence-electron chi connectivity index (χ2n) is 5.01. The summed E-state index contributed by atoms with van der Waals surface area (Å²) in [7, 11) is 0. The zero-order chi connectivity index (χ0) is 14.8. The zero-order valence-corrected chi connectivity index (χ0v) is 11.6. The first-order valence-electron chi connectivity index (χ1n) is 6.75. The Morgan fingerprint density at radius 2 is 1.95 bits per heavy atom. The van der Waals surface area contributed by atoms with Gasteiger partial charge in [-0.2, -0.15) is 0 Å². The maximum atomic E-state index is 13.4. The standard InChI is InChI=1S/C17H15FN2O/c1-11-14(15-9-12(18)7-8-16(15)19-11)10-17(21)20-13-5-3-2-4-6-13/h2-9,19H,10H2,1H3,(H,20,21). The number of anilines is 1. The van der Waals surface area contributed by atoms with E-state index in [1.165, 1.54) is 12.1 Å². The molecule has 2 N–H and O–H groups in total. The number of rotatable bonds is 3. The molecule has 0 bridgehead atoms. The van der Waals surface area contributed by atoms with Gasteiger partial charge in [0.2, 0.25) is 5.91 Å². The van der Waals surface area contributed by atoms with E-state index < -0.39 is 0 Å². The largest absolute Gasteiger partial charge is 0.358 e. The minimum absolute atomic E-state index is 0.116. The molecule has 1 aromatic heterocycles. The van der Waals surface area contributed by atoms with Crippen molar-refractivity contribution in [2.75, 3.05) is 5.32 Å². The maximum absolute atomic E-state index is 13.4. The number of benzene rings is 2. The monoisotopic (exact) mass is 282 g/mol. The van der Waals surface area contributed by atoms with Gasteiger partial charge in [0.05, 0.1) is 6.42 Å². The van der Waals surface area contributed by atoms with Gasteiger partial charge < -0.3 is 10.3 Å². The average Bonchev–Trinajstić information content (AvgIpc) is 2.76. The number of aromatic nitrogens is 1. The first-order chi connectivity index (χ1) is 10.1. The highest BCUT2D eigenvalue weighted by molar-refractivity contribution is 5.96. The summed E-state index contributed by atoms with van der Waals surface area (Å²) < 4.78 is 13.4. The topological polar surface area (TPSA) is 44.9 Å². The molecule has 0 unspecified atom stereocenters. The number of para-hydroxylation sites is 1. The average molecular weight is 282 g/mol. The van der Waals surface area contributed by atoms with Gasteiger partial charge in [0, 0.05) is 22.3 Å². The van der Waals surface area contributed by atoms with Gasteiger partial charge in [0.15, 0.2) is 0 Å². The predicted octanol–water partition coefficient (Wildman–Crippen LogP) is 3.80. The molecule has 0 saturated heterocycles. The molecular formula is C17H15FN2O. The summed E-state index contributed by atoms with van der Waals surface area (Å²) in [6.45, 7) is 1.89. The summed E-state index contributed by atoms with van der Waals surface area (Å²) in [5.41, 5.74) is 3.32. The number of H-pyrrole nitrogens is 1. The van der Waals surface area contributed by atoms with Crippen molar-refractivity contribution in [1.29, 1.82) is 0 Å². The third-order valence-corrected chi connectivity index (χ3v) is 3.48. The molecule has 1 heterocycles. The number of aromatic amines is 1. The van der Waals surface area contributed by atoms with E-state index in [1.807, 2.05) is 37.3 Å². The number of halogens is 1. The van der Waals surface area contributed by atoms with Crippen LogP contribution in [-0.2, 0) is 11.2 Å². The molecule has 3 aromatic rings. The van der Waals surface area contributed by atoms with Crippen LogP contribution in [0.25, 0.3) is 10.9 Å². The molecule has 3 rings (SSSR count). The van der Waals surface area contributed by atoms with Crippen molar-refractivity contribution < 1.29 is 9.18 Å². The van der Waals surface area contributed by atoms with Crippen molar-refractivity contribution in [1.82, 2.24) is 4.98 Å². The van der Waals surface area contributed by atoms with Crippen molar-refractivity contribution in [3.05, 3.63) is 65.6 Å². The Hall–Kier alpha value is -2.62. The van der Waals surface area contributed by atoms with E-state index in [0.29, 0.717) is 0 Å². The molecule has 2 aromatic carbocycles. The first kappa shape index (κ1) is 13.4. The molecule has 0 aliphatic heterocycles. The second-order valence-corrected chi connectivity index (χ2v) is 5.01. The molecule has 1 amide bonds. The summed E-state index contributed by atoms with van der Waals surface area (Å²) in [6, 6.07) is 13.8. The lowest BCUT2D eigenvalue weighted by molar-refractivity contribution is -0.115. The van der Waals surface area contributed by atoms with Crippen LogP contribution in [0, 0.1) is 12.7 Å². The van der Waals surface area contributed by atoms with Gasteiger partial charge in [-0.25, -0.2) is 4.39 Å². The molecule has 0 atom stereocenters. The van der Waals surface area contributed by atoms with Crippen LogP contribution in [0.2, 0.25) is 0 Å². The van der Waals surface area contributed by atoms with Crippen molar-refractivity contribution >= 4 is 22.5 Å². The van der Waals surface area contributed by atoms with Crippen LogP contribution in [0.5, 0.6) is 0 Å². The van der Waals surface area contributed by atoms with Gasteiger partial charge in [0.1, 0.15) is 5.82 Å². The summed E-state index contributed by atoms with van der Waals surface area (Å²) in [5.74, 6) is -0.416. The molecule has 4 heteroatoms. The number of hydrogen-bond acceptors (Lipinski definition) is 1. The Balaban J connectivity index is 1.86. The third-order valence-electron chi connectivity index (χ3n) is 3.48. The van der Waals surface area contributed by atoms with E-state index in [1.54, 1.807) is 6.07 Å². The number of carbonyl (C=O) groups excluding carboxylic acids is 1. The second kappa shape index (κ2) is 5.40. The lowest BCUT2D eigenvalue weighted by atomic mass is 10.1. The molecule has 0 aliphatic carbocycles. The predicted molar refractivity (Wildman–Crippen MR) is 81.8 cm³/mol. The lowest BCUT2D eigenvalue weighted by Gasteiger charge is -2.05. The first-order valence-corrected chi connectivity index (χ1v) is 6.75. The van der Waals surface area contributed by atoms with Crippen LogP contribution in [0.1, 0.15) is 11.3 Å². The van der Waals surface area contributed by atoms with Gasteiger partial charge in [-0.05, 0) is 42.8 Å². The molecule has 0 aliphatic rings. The number of aryl methyl sites for hydroxylation is 1. The van der Waals surface area contributed by atoms with Crippen molar-refractivity contribution in [3.63, 3.8) is 0 Å². The number of carbonyl (C=O) groups is 1. The third kappa shape index (κ3) is 2.79. The quantitative estimate of drug-likeness (QED) is 0.754. The van der Waals surface area contributed by atoms with Crippen LogP contribution < -0.4 is 5.32 Å². The fourth-order valence-corrected chi connectivity index (χ4v) is 2.47.